The molecule has 0 atom stereocenters. The summed E-state index contributed by atoms with van der Waals surface area (Å²) in [6, 6.07) is 3.41. The number of anilines is 1. The van der Waals surface area contributed by atoms with Gasteiger partial charge >= 0.3 is 0 Å². The third kappa shape index (κ3) is 3.65. The van der Waals surface area contributed by atoms with Crippen LogP contribution in [-0.2, 0) is 0 Å². The molecular formula is C11H11BrClNO. The quantitative estimate of drug-likeness (QED) is 0.525. The molecule has 0 heterocycles. The smallest absolute Gasteiger partial charge is 0.156 e. The van der Waals surface area contributed by atoms with E-state index in [9.17, 15) is 0 Å². The predicted octanol–water partition coefficient (Wildman–Crippen LogP) is 3.48. The van der Waals surface area contributed by atoms with Gasteiger partial charge in [0.25, 0.3) is 0 Å². The Morgan fingerprint density at radius 3 is 2.87 bits per heavy atom. The Labute approximate surface area is 103 Å². The highest BCUT2D eigenvalue weighted by atomic mass is 79.9. The number of benzene rings is 1. The van der Waals surface area contributed by atoms with Crippen LogP contribution in [0.5, 0.6) is 5.75 Å². The Hall–Kier alpha value is -0.850. The van der Waals surface area contributed by atoms with Crippen molar-refractivity contribution in [2.24, 2.45) is 0 Å². The molecule has 80 valence electrons. The molecule has 15 heavy (non-hydrogen) atoms. The molecule has 1 rings (SSSR count). The van der Waals surface area contributed by atoms with Crippen LogP contribution in [0.1, 0.15) is 13.3 Å². The van der Waals surface area contributed by atoms with Gasteiger partial charge in [0.15, 0.2) is 5.75 Å². The van der Waals surface area contributed by atoms with E-state index in [1.165, 1.54) is 0 Å². The number of halogens is 2. The second-order valence-electron chi connectivity index (χ2n) is 2.83. The molecule has 1 aromatic rings. The zero-order valence-corrected chi connectivity index (χ0v) is 10.7. The Morgan fingerprint density at radius 2 is 2.27 bits per heavy atom. The van der Waals surface area contributed by atoms with Gasteiger partial charge < -0.3 is 10.5 Å². The minimum atomic E-state index is 0.519. The van der Waals surface area contributed by atoms with Crippen LogP contribution < -0.4 is 10.5 Å². The summed E-state index contributed by atoms with van der Waals surface area (Å²) in [4.78, 5) is 0. The summed E-state index contributed by atoms with van der Waals surface area (Å²) >= 11 is 9.16. The van der Waals surface area contributed by atoms with Gasteiger partial charge in [-0.05, 0) is 35.0 Å². The van der Waals surface area contributed by atoms with Crippen molar-refractivity contribution in [1.29, 1.82) is 0 Å². The summed E-state index contributed by atoms with van der Waals surface area (Å²) in [6.07, 6.45) is 0.686. The van der Waals surface area contributed by atoms with Crippen molar-refractivity contribution in [2.45, 2.75) is 13.3 Å². The molecule has 0 radical (unpaired) electrons. The van der Waals surface area contributed by atoms with Crippen LogP contribution >= 0.6 is 27.5 Å². The molecule has 0 aliphatic heterocycles. The van der Waals surface area contributed by atoms with E-state index < -0.39 is 0 Å². The molecular weight excluding hydrogens is 277 g/mol. The standard InChI is InChI=1S/C11H11BrClNO/c1-2-3-4-5-15-11-9(12)6-8(13)7-10(11)14/h6-7H,4-5,14H2,1H3. The van der Waals surface area contributed by atoms with Gasteiger partial charge in [0.05, 0.1) is 16.8 Å². The summed E-state index contributed by atoms with van der Waals surface area (Å²) in [5.41, 5.74) is 6.29. The largest absolute Gasteiger partial charge is 0.489 e. The van der Waals surface area contributed by atoms with Gasteiger partial charge in [0.2, 0.25) is 0 Å². The molecule has 0 fully saturated rings. The zero-order chi connectivity index (χ0) is 11.3. The fraction of sp³-hybridized carbons (Fsp3) is 0.273. The van der Waals surface area contributed by atoms with Crippen molar-refractivity contribution in [3.05, 3.63) is 21.6 Å². The molecule has 0 aliphatic carbocycles. The highest BCUT2D eigenvalue weighted by Gasteiger charge is 2.07. The van der Waals surface area contributed by atoms with Gasteiger partial charge in [0.1, 0.15) is 0 Å². The van der Waals surface area contributed by atoms with Crippen molar-refractivity contribution in [1.82, 2.24) is 0 Å². The van der Waals surface area contributed by atoms with E-state index in [2.05, 4.69) is 27.8 Å². The molecule has 0 saturated heterocycles. The zero-order valence-electron chi connectivity index (χ0n) is 8.31. The highest BCUT2D eigenvalue weighted by Crippen LogP contribution is 2.34. The molecule has 0 aromatic heterocycles. The Balaban J connectivity index is 2.71. The minimum absolute atomic E-state index is 0.519. The lowest BCUT2D eigenvalue weighted by Gasteiger charge is -2.09. The number of nitrogens with two attached hydrogens (primary N) is 1. The first-order chi connectivity index (χ1) is 7.15. The molecule has 1 aromatic carbocycles. The van der Waals surface area contributed by atoms with Gasteiger partial charge in [-0.3, -0.25) is 0 Å². The lowest BCUT2D eigenvalue weighted by atomic mass is 10.3. The van der Waals surface area contributed by atoms with Crippen LogP contribution in [0.3, 0.4) is 0 Å². The van der Waals surface area contributed by atoms with Crippen LogP contribution in [0.15, 0.2) is 16.6 Å². The SMILES string of the molecule is CC#CCCOc1c(N)cc(Cl)cc1Br. The maximum absolute atomic E-state index is 5.82. The maximum atomic E-state index is 5.82. The summed E-state index contributed by atoms with van der Waals surface area (Å²) < 4.78 is 6.25. The van der Waals surface area contributed by atoms with E-state index in [-0.39, 0.29) is 0 Å². The molecule has 0 spiro atoms. The van der Waals surface area contributed by atoms with Crippen molar-refractivity contribution in [3.63, 3.8) is 0 Å². The van der Waals surface area contributed by atoms with E-state index in [1.807, 2.05) is 0 Å². The number of hydrogen-bond donors (Lipinski definition) is 1. The van der Waals surface area contributed by atoms with Crippen molar-refractivity contribution in [3.8, 4) is 17.6 Å². The van der Waals surface area contributed by atoms with E-state index in [4.69, 9.17) is 22.1 Å². The van der Waals surface area contributed by atoms with Gasteiger partial charge in [-0.2, -0.15) is 0 Å². The first kappa shape index (κ1) is 12.2. The van der Waals surface area contributed by atoms with E-state index in [1.54, 1.807) is 19.1 Å². The third-order valence-electron chi connectivity index (χ3n) is 1.69. The molecule has 0 amide bonds. The van der Waals surface area contributed by atoms with Crippen LogP contribution in [0.25, 0.3) is 0 Å². The van der Waals surface area contributed by atoms with E-state index >= 15 is 0 Å². The van der Waals surface area contributed by atoms with E-state index in [0.29, 0.717) is 29.5 Å². The topological polar surface area (TPSA) is 35.2 Å². The molecule has 0 saturated carbocycles. The first-order valence-electron chi connectivity index (χ1n) is 4.42. The second kappa shape index (κ2) is 5.89. The summed E-state index contributed by atoms with van der Waals surface area (Å²) in [6.45, 7) is 2.32. The Kier molecular flexibility index (Phi) is 4.80. The van der Waals surface area contributed by atoms with Crippen molar-refractivity contribution < 1.29 is 4.74 Å². The first-order valence-corrected chi connectivity index (χ1v) is 5.59. The summed E-state index contributed by atoms with van der Waals surface area (Å²) in [5.74, 6) is 6.33. The van der Waals surface area contributed by atoms with Crippen LogP contribution in [-0.4, -0.2) is 6.61 Å². The Bertz CT molecular complexity index is 386. The number of nitrogen functional groups attached to an aromatic ring is 1. The summed E-state index contributed by atoms with van der Waals surface area (Å²) in [5, 5.41) is 0.583. The average molecular weight is 289 g/mol. The Morgan fingerprint density at radius 1 is 1.53 bits per heavy atom. The molecule has 2 nitrogen and oxygen atoms in total. The maximum Gasteiger partial charge on any atom is 0.156 e. The van der Waals surface area contributed by atoms with Gasteiger partial charge in [-0.25, -0.2) is 0 Å². The third-order valence-corrected chi connectivity index (χ3v) is 2.49. The van der Waals surface area contributed by atoms with Crippen LogP contribution in [0, 0.1) is 11.8 Å². The van der Waals surface area contributed by atoms with E-state index in [0.717, 1.165) is 4.47 Å². The van der Waals surface area contributed by atoms with Gasteiger partial charge in [-0.1, -0.05) is 11.6 Å². The lowest BCUT2D eigenvalue weighted by Crippen LogP contribution is -2.00. The second-order valence-corrected chi connectivity index (χ2v) is 4.12. The van der Waals surface area contributed by atoms with Crippen molar-refractivity contribution >= 4 is 33.2 Å². The molecule has 0 bridgehead atoms. The number of ether oxygens (including phenoxy) is 1. The monoisotopic (exact) mass is 287 g/mol. The number of hydrogen-bond acceptors (Lipinski definition) is 2. The average Bonchev–Trinajstić information content (AvgIpc) is 2.15. The molecule has 4 heteroatoms. The predicted molar refractivity (Wildman–Crippen MR) is 67.1 cm³/mol. The van der Waals surface area contributed by atoms with Gasteiger partial charge in [0, 0.05) is 11.4 Å². The number of rotatable bonds is 3. The molecule has 0 aliphatic rings. The van der Waals surface area contributed by atoms with Gasteiger partial charge in [-0.15, -0.1) is 11.8 Å². The molecule has 2 N–H and O–H groups in total. The fourth-order valence-corrected chi connectivity index (χ4v) is 2.01. The highest BCUT2D eigenvalue weighted by molar-refractivity contribution is 9.10. The normalized spacial score (nSPS) is 9.27. The minimum Gasteiger partial charge on any atom is -0.489 e. The lowest BCUT2D eigenvalue weighted by molar-refractivity contribution is 0.327. The summed E-state index contributed by atoms with van der Waals surface area (Å²) in [7, 11) is 0. The van der Waals surface area contributed by atoms with Crippen LogP contribution in [0.4, 0.5) is 5.69 Å². The molecule has 0 unspecified atom stereocenters. The fourth-order valence-electron chi connectivity index (χ4n) is 1.06. The van der Waals surface area contributed by atoms with Crippen molar-refractivity contribution in [2.75, 3.05) is 12.3 Å². The van der Waals surface area contributed by atoms with Crippen LogP contribution in [0.2, 0.25) is 5.02 Å².